The monoisotopic (exact) mass is 442 g/mol. The van der Waals surface area contributed by atoms with E-state index in [1.54, 1.807) is 0 Å². The summed E-state index contributed by atoms with van der Waals surface area (Å²) in [5.41, 5.74) is 8.21. The molecule has 0 unspecified atom stereocenters. The van der Waals surface area contributed by atoms with Crippen LogP contribution in [0.25, 0.3) is 43.8 Å². The first kappa shape index (κ1) is 22.4. The number of hydrogen-bond acceptors (Lipinski definition) is 0. The summed E-state index contributed by atoms with van der Waals surface area (Å²) in [7, 11) is 0. The van der Waals surface area contributed by atoms with Crippen molar-refractivity contribution in [3.05, 3.63) is 108 Å². The number of benzene rings is 5. The second-order valence-corrected chi connectivity index (χ2v) is 11.4. The second-order valence-electron chi connectivity index (χ2n) is 11.4. The molecule has 0 bridgehead atoms. The minimum absolute atomic E-state index is 0.0519. The third-order valence-corrected chi connectivity index (χ3v) is 6.94. The standard InChI is InChI=1S/C34H34/c1-33(2,3)29-21-13-11-19-27(29)31-23-15-7-9-17-25(23)32(26-18-10-8-16-24(26)31)28-20-12-14-22-30(28)34(4,5)6/h7-22H,1-6H3. The summed E-state index contributed by atoms with van der Waals surface area (Å²) in [6.07, 6.45) is 0. The van der Waals surface area contributed by atoms with Gasteiger partial charge in [0.05, 0.1) is 0 Å². The van der Waals surface area contributed by atoms with Gasteiger partial charge in [0.2, 0.25) is 0 Å². The Bertz CT molecular complexity index is 1330. The van der Waals surface area contributed by atoms with E-state index in [-0.39, 0.29) is 10.8 Å². The molecule has 0 aliphatic carbocycles. The third kappa shape index (κ3) is 3.72. The smallest absolute Gasteiger partial charge is 0.00234 e. The predicted molar refractivity (Wildman–Crippen MR) is 150 cm³/mol. The van der Waals surface area contributed by atoms with E-state index in [1.165, 1.54) is 54.9 Å². The van der Waals surface area contributed by atoms with Gasteiger partial charge < -0.3 is 0 Å². The molecule has 0 radical (unpaired) electrons. The van der Waals surface area contributed by atoms with Crippen molar-refractivity contribution in [3.63, 3.8) is 0 Å². The summed E-state index contributed by atoms with van der Waals surface area (Å²) in [5, 5.41) is 5.27. The third-order valence-electron chi connectivity index (χ3n) is 6.94. The largest absolute Gasteiger partial charge is 0.0619 e. The highest BCUT2D eigenvalue weighted by molar-refractivity contribution is 6.21. The summed E-state index contributed by atoms with van der Waals surface area (Å²) < 4.78 is 0. The second kappa shape index (κ2) is 8.13. The summed E-state index contributed by atoms with van der Waals surface area (Å²) >= 11 is 0. The van der Waals surface area contributed by atoms with Gasteiger partial charge in [0, 0.05) is 0 Å². The molecule has 0 atom stereocenters. The first-order valence-corrected chi connectivity index (χ1v) is 12.3. The van der Waals surface area contributed by atoms with Gasteiger partial charge in [-0.2, -0.15) is 0 Å². The molecule has 0 aliphatic rings. The lowest BCUT2D eigenvalue weighted by atomic mass is 9.77. The molecule has 0 N–H and O–H groups in total. The highest BCUT2D eigenvalue weighted by atomic mass is 14.3. The molecule has 5 aromatic rings. The molecule has 0 heteroatoms. The fourth-order valence-corrected chi connectivity index (χ4v) is 5.42. The molecule has 0 saturated heterocycles. The lowest BCUT2D eigenvalue weighted by Gasteiger charge is -2.27. The molecule has 0 nitrogen and oxygen atoms in total. The summed E-state index contributed by atoms with van der Waals surface area (Å²) in [4.78, 5) is 0. The molecule has 0 saturated carbocycles. The van der Waals surface area contributed by atoms with Crippen LogP contribution in [0.2, 0.25) is 0 Å². The maximum absolute atomic E-state index is 2.31. The van der Waals surface area contributed by atoms with Crippen molar-refractivity contribution < 1.29 is 0 Å². The summed E-state index contributed by atoms with van der Waals surface area (Å²) in [6.45, 7) is 13.9. The van der Waals surface area contributed by atoms with Gasteiger partial charge in [0.1, 0.15) is 0 Å². The molecule has 5 rings (SSSR count). The normalized spacial score (nSPS) is 12.4. The zero-order valence-corrected chi connectivity index (χ0v) is 21.2. The van der Waals surface area contributed by atoms with Gasteiger partial charge in [0.25, 0.3) is 0 Å². The van der Waals surface area contributed by atoms with E-state index in [9.17, 15) is 0 Å². The van der Waals surface area contributed by atoms with E-state index < -0.39 is 0 Å². The van der Waals surface area contributed by atoms with Gasteiger partial charge in [0.15, 0.2) is 0 Å². The summed E-state index contributed by atoms with van der Waals surface area (Å²) in [6, 6.07) is 35.8. The van der Waals surface area contributed by atoms with Crippen molar-refractivity contribution in [2.45, 2.75) is 52.4 Å². The van der Waals surface area contributed by atoms with Crippen molar-refractivity contribution in [3.8, 4) is 22.3 Å². The maximum Gasteiger partial charge on any atom is -0.00234 e. The predicted octanol–water partition coefficient (Wildman–Crippen LogP) is 9.92. The zero-order valence-electron chi connectivity index (χ0n) is 21.2. The van der Waals surface area contributed by atoms with Crippen LogP contribution in [0, 0.1) is 0 Å². The molecule has 34 heavy (non-hydrogen) atoms. The van der Waals surface area contributed by atoms with Gasteiger partial charge in [-0.05, 0) is 65.8 Å². The van der Waals surface area contributed by atoms with Crippen LogP contribution in [0.5, 0.6) is 0 Å². The van der Waals surface area contributed by atoms with Crippen LogP contribution in [-0.2, 0) is 10.8 Å². The maximum atomic E-state index is 2.31. The fraction of sp³-hybridized carbons (Fsp3) is 0.235. The van der Waals surface area contributed by atoms with Gasteiger partial charge >= 0.3 is 0 Å². The Balaban J connectivity index is 2.00. The van der Waals surface area contributed by atoms with Crippen LogP contribution >= 0.6 is 0 Å². The zero-order chi connectivity index (χ0) is 24.1. The van der Waals surface area contributed by atoms with E-state index in [0.29, 0.717) is 0 Å². The van der Waals surface area contributed by atoms with Crippen LogP contribution in [0.4, 0.5) is 0 Å². The average molecular weight is 443 g/mol. The van der Waals surface area contributed by atoms with Gasteiger partial charge in [-0.3, -0.25) is 0 Å². The molecule has 0 fully saturated rings. The Morgan fingerprint density at radius 1 is 0.353 bits per heavy atom. The molecule has 5 aromatic carbocycles. The molecular weight excluding hydrogens is 408 g/mol. The molecule has 0 aromatic heterocycles. The minimum atomic E-state index is 0.0519. The Hall–Kier alpha value is -3.38. The lowest BCUT2D eigenvalue weighted by Crippen LogP contribution is -2.13. The van der Waals surface area contributed by atoms with E-state index in [4.69, 9.17) is 0 Å². The Labute approximate surface area is 204 Å². The van der Waals surface area contributed by atoms with E-state index in [0.717, 1.165) is 0 Å². The Morgan fingerprint density at radius 3 is 0.912 bits per heavy atom. The van der Waals surface area contributed by atoms with Crippen molar-refractivity contribution >= 4 is 21.5 Å². The molecule has 0 aliphatic heterocycles. The topological polar surface area (TPSA) is 0 Å². The van der Waals surface area contributed by atoms with E-state index in [1.807, 2.05) is 0 Å². The van der Waals surface area contributed by atoms with Crippen LogP contribution < -0.4 is 0 Å². The lowest BCUT2D eigenvalue weighted by molar-refractivity contribution is 0.592. The Morgan fingerprint density at radius 2 is 0.618 bits per heavy atom. The molecular formula is C34H34. The van der Waals surface area contributed by atoms with Crippen molar-refractivity contribution in [1.29, 1.82) is 0 Å². The SMILES string of the molecule is CC(C)(C)c1ccccc1-c1c2ccccc2c(-c2ccccc2C(C)(C)C)c2ccccc12. The molecule has 0 heterocycles. The van der Waals surface area contributed by atoms with Gasteiger partial charge in [-0.15, -0.1) is 0 Å². The van der Waals surface area contributed by atoms with Crippen LogP contribution in [0.3, 0.4) is 0 Å². The van der Waals surface area contributed by atoms with Crippen molar-refractivity contribution in [2.24, 2.45) is 0 Å². The average Bonchev–Trinajstić information content (AvgIpc) is 2.81. The molecule has 0 spiro atoms. The molecule has 0 amide bonds. The first-order valence-electron chi connectivity index (χ1n) is 12.3. The number of hydrogen-bond donors (Lipinski definition) is 0. The number of fused-ring (bicyclic) bond motifs is 2. The fourth-order valence-electron chi connectivity index (χ4n) is 5.42. The van der Waals surface area contributed by atoms with Crippen molar-refractivity contribution in [2.75, 3.05) is 0 Å². The van der Waals surface area contributed by atoms with Crippen LogP contribution in [-0.4, -0.2) is 0 Å². The number of rotatable bonds is 2. The van der Waals surface area contributed by atoms with E-state index >= 15 is 0 Å². The Kier molecular flexibility index (Phi) is 5.36. The van der Waals surface area contributed by atoms with Crippen LogP contribution in [0.1, 0.15) is 52.7 Å². The summed E-state index contributed by atoms with van der Waals surface area (Å²) in [5.74, 6) is 0. The van der Waals surface area contributed by atoms with E-state index in [2.05, 4.69) is 139 Å². The molecule has 170 valence electrons. The highest BCUT2D eigenvalue weighted by Crippen LogP contribution is 2.47. The van der Waals surface area contributed by atoms with Gasteiger partial charge in [-0.1, -0.05) is 139 Å². The first-order chi connectivity index (χ1) is 16.2. The highest BCUT2D eigenvalue weighted by Gasteiger charge is 2.25. The van der Waals surface area contributed by atoms with Crippen molar-refractivity contribution in [1.82, 2.24) is 0 Å². The quantitative estimate of drug-likeness (QED) is 0.239. The van der Waals surface area contributed by atoms with Crippen LogP contribution in [0.15, 0.2) is 97.1 Å². The minimum Gasteiger partial charge on any atom is -0.0619 e. The van der Waals surface area contributed by atoms with Gasteiger partial charge in [-0.25, -0.2) is 0 Å².